The summed E-state index contributed by atoms with van der Waals surface area (Å²) in [6, 6.07) is 20.3. The summed E-state index contributed by atoms with van der Waals surface area (Å²) in [6.07, 6.45) is 9.59. The van der Waals surface area contributed by atoms with Crippen molar-refractivity contribution in [1.29, 1.82) is 0 Å². The number of nitrogens with one attached hydrogen (secondary N) is 1. The van der Waals surface area contributed by atoms with Gasteiger partial charge in [-0.2, -0.15) is 5.10 Å². The van der Waals surface area contributed by atoms with Gasteiger partial charge < -0.3 is 10.4 Å². The number of para-hydroxylation sites is 1. The summed E-state index contributed by atoms with van der Waals surface area (Å²) in [6.45, 7) is 0. The highest BCUT2D eigenvalue weighted by atomic mass is 16.4. The van der Waals surface area contributed by atoms with E-state index in [4.69, 9.17) is 5.10 Å². The highest BCUT2D eigenvalue weighted by Crippen LogP contribution is 2.28. The molecular weight excluding hydrogens is 450 g/mol. The van der Waals surface area contributed by atoms with Crippen LogP contribution in [0, 0.1) is 0 Å². The molecule has 1 aliphatic heterocycles. The number of hydrogen-bond donors (Lipinski definition) is 2. The molecule has 3 aromatic heterocycles. The van der Waals surface area contributed by atoms with Crippen molar-refractivity contribution in [3.05, 3.63) is 95.9 Å². The first-order chi connectivity index (χ1) is 17.6. The summed E-state index contributed by atoms with van der Waals surface area (Å²) < 4.78 is 1.78. The van der Waals surface area contributed by atoms with E-state index >= 15 is 0 Å². The largest absolute Gasteiger partial charge is 0.481 e. The maximum atomic E-state index is 11.7. The van der Waals surface area contributed by atoms with Crippen molar-refractivity contribution in [3.63, 3.8) is 0 Å². The summed E-state index contributed by atoms with van der Waals surface area (Å²) in [7, 11) is 0. The number of hydrogen-bond acceptors (Lipinski definition) is 5. The van der Waals surface area contributed by atoms with Crippen molar-refractivity contribution in [2.75, 3.05) is 5.32 Å². The van der Waals surface area contributed by atoms with E-state index in [2.05, 4.69) is 39.6 Å². The van der Waals surface area contributed by atoms with Gasteiger partial charge in [0.25, 0.3) is 0 Å². The lowest BCUT2D eigenvalue weighted by atomic mass is 9.96. The molecule has 1 aliphatic rings. The lowest BCUT2D eigenvalue weighted by molar-refractivity contribution is -0.137. The van der Waals surface area contributed by atoms with E-state index in [9.17, 15) is 9.90 Å². The molecule has 5 aromatic rings. The molecule has 0 saturated carbocycles. The van der Waals surface area contributed by atoms with E-state index < -0.39 is 12.0 Å². The second-order valence-electron chi connectivity index (χ2n) is 9.51. The van der Waals surface area contributed by atoms with Gasteiger partial charge in [-0.15, -0.1) is 0 Å². The van der Waals surface area contributed by atoms with Gasteiger partial charge in [-0.25, -0.2) is 4.98 Å². The van der Waals surface area contributed by atoms with Crippen LogP contribution in [0.1, 0.15) is 42.0 Å². The molecule has 2 N–H and O–H groups in total. The van der Waals surface area contributed by atoms with Crippen LogP contribution in [0.25, 0.3) is 21.8 Å². The summed E-state index contributed by atoms with van der Waals surface area (Å²) in [5, 5.41) is 20.0. The summed E-state index contributed by atoms with van der Waals surface area (Å²) in [5.41, 5.74) is 5.11. The number of nitrogens with zero attached hydrogens (tertiary/aromatic N) is 4. The van der Waals surface area contributed by atoms with E-state index in [-0.39, 0.29) is 6.42 Å². The molecule has 2 aromatic carbocycles. The third kappa shape index (κ3) is 4.52. The molecule has 0 aliphatic carbocycles. The molecule has 7 heteroatoms. The number of carbonyl (C=O) groups is 1. The van der Waals surface area contributed by atoms with Gasteiger partial charge >= 0.3 is 5.97 Å². The van der Waals surface area contributed by atoms with Crippen molar-refractivity contribution in [2.24, 2.45) is 0 Å². The molecule has 0 spiro atoms. The van der Waals surface area contributed by atoms with Crippen LogP contribution >= 0.6 is 0 Å². The van der Waals surface area contributed by atoms with Gasteiger partial charge in [0.05, 0.1) is 23.5 Å². The Hall–Kier alpha value is -4.26. The molecule has 2 atom stereocenters. The predicted octanol–water partition coefficient (Wildman–Crippen LogP) is 5.40. The van der Waals surface area contributed by atoms with Crippen LogP contribution in [0.4, 0.5) is 5.82 Å². The maximum Gasteiger partial charge on any atom is 0.305 e. The number of carboxylic acids is 1. The fourth-order valence-corrected chi connectivity index (χ4v) is 5.12. The van der Waals surface area contributed by atoms with Gasteiger partial charge in [0.15, 0.2) is 0 Å². The fraction of sp³-hybridized carbons (Fsp3) is 0.241. The van der Waals surface area contributed by atoms with Crippen LogP contribution in [0.2, 0.25) is 0 Å². The van der Waals surface area contributed by atoms with E-state index in [1.54, 1.807) is 10.9 Å². The smallest absolute Gasteiger partial charge is 0.305 e. The van der Waals surface area contributed by atoms with Crippen molar-refractivity contribution in [2.45, 2.75) is 44.2 Å². The van der Waals surface area contributed by atoms with Crippen molar-refractivity contribution in [1.82, 2.24) is 19.7 Å². The number of anilines is 1. The molecule has 0 bridgehead atoms. The van der Waals surface area contributed by atoms with Crippen LogP contribution in [-0.4, -0.2) is 36.9 Å². The van der Waals surface area contributed by atoms with E-state index in [0.717, 1.165) is 58.9 Å². The van der Waals surface area contributed by atoms with E-state index in [0.29, 0.717) is 6.04 Å². The Morgan fingerprint density at radius 1 is 1.06 bits per heavy atom. The normalized spacial score (nSPS) is 15.9. The monoisotopic (exact) mass is 477 g/mol. The van der Waals surface area contributed by atoms with Gasteiger partial charge in [-0.3, -0.25) is 14.5 Å². The Bertz CT molecular complexity index is 1560. The van der Waals surface area contributed by atoms with Crippen molar-refractivity contribution < 1.29 is 9.90 Å². The maximum absolute atomic E-state index is 11.7. The zero-order valence-electron chi connectivity index (χ0n) is 19.8. The second kappa shape index (κ2) is 9.41. The Kier molecular flexibility index (Phi) is 5.81. The fourth-order valence-electron chi connectivity index (χ4n) is 5.12. The molecule has 0 fully saturated rings. The zero-order chi connectivity index (χ0) is 24.5. The predicted molar refractivity (Wildman–Crippen MR) is 140 cm³/mol. The Morgan fingerprint density at radius 3 is 2.89 bits per heavy atom. The molecule has 1 unspecified atom stereocenters. The molecule has 180 valence electrons. The topological polar surface area (TPSA) is 92.9 Å². The first-order valence-corrected chi connectivity index (χ1v) is 12.4. The molecule has 6 rings (SSSR count). The number of carboxylic acid groups (broad SMARTS) is 1. The van der Waals surface area contributed by atoms with Gasteiger partial charge in [0, 0.05) is 35.4 Å². The second-order valence-corrected chi connectivity index (χ2v) is 9.51. The van der Waals surface area contributed by atoms with Crippen LogP contribution in [0.5, 0.6) is 0 Å². The lowest BCUT2D eigenvalue weighted by Gasteiger charge is -2.26. The Balaban J connectivity index is 1.23. The van der Waals surface area contributed by atoms with Gasteiger partial charge in [-0.05, 0) is 66.6 Å². The molecule has 0 saturated heterocycles. The molecule has 36 heavy (non-hydrogen) atoms. The molecule has 0 radical (unpaired) electrons. The number of benzene rings is 2. The van der Waals surface area contributed by atoms with Crippen LogP contribution in [0.15, 0.2) is 79.3 Å². The summed E-state index contributed by atoms with van der Waals surface area (Å²) >= 11 is 0. The minimum Gasteiger partial charge on any atom is -0.481 e. The lowest BCUT2D eigenvalue weighted by Crippen LogP contribution is -2.26. The van der Waals surface area contributed by atoms with Crippen LogP contribution in [-0.2, 0) is 17.6 Å². The van der Waals surface area contributed by atoms with E-state index in [1.807, 2.05) is 48.8 Å². The third-order valence-corrected chi connectivity index (χ3v) is 7.05. The van der Waals surface area contributed by atoms with Crippen molar-refractivity contribution in [3.8, 4) is 0 Å². The Labute approximate surface area is 208 Å². The molecule has 0 amide bonds. The molecule has 7 nitrogen and oxygen atoms in total. The number of aromatic nitrogens is 4. The van der Waals surface area contributed by atoms with Gasteiger partial charge in [0.2, 0.25) is 0 Å². The first-order valence-electron chi connectivity index (χ1n) is 12.4. The molecular formula is C29H27N5O2. The van der Waals surface area contributed by atoms with Crippen LogP contribution in [0.3, 0.4) is 0 Å². The number of aliphatic carboxylic acids is 1. The molecule has 4 heterocycles. The van der Waals surface area contributed by atoms with Gasteiger partial charge in [-0.1, -0.05) is 36.4 Å². The minimum atomic E-state index is -0.871. The third-order valence-electron chi connectivity index (χ3n) is 7.05. The first kappa shape index (κ1) is 22.2. The minimum absolute atomic E-state index is 0.0657. The average Bonchev–Trinajstić information content (AvgIpc) is 3.33. The SMILES string of the molecule is O=C(O)C[C@@H](c1cnc2ccccc2c1)n1cc2ccc(CCC3CCc4cccnc4N3)cc2n1. The average molecular weight is 478 g/mol. The zero-order valence-corrected chi connectivity index (χ0v) is 19.8. The van der Waals surface area contributed by atoms with E-state index in [1.165, 1.54) is 11.1 Å². The highest BCUT2D eigenvalue weighted by molar-refractivity contribution is 5.80. The highest BCUT2D eigenvalue weighted by Gasteiger charge is 2.21. The summed E-state index contributed by atoms with van der Waals surface area (Å²) in [4.78, 5) is 20.7. The standard InChI is InChI=1S/C29H27N5O2/c35-28(36)16-27(23-15-21-4-1-2-6-25(21)31-17-23)34-18-22-9-7-19(14-26(22)33-34)8-11-24-12-10-20-5-3-13-30-29(20)32-24/h1-7,9,13-15,17-18,24,27H,8,10-12,16H2,(H,30,32)(H,35,36)/t24?,27-/m0/s1. The quantitative estimate of drug-likeness (QED) is 0.326. The van der Waals surface area contributed by atoms with Crippen molar-refractivity contribution >= 4 is 33.6 Å². The number of pyridine rings is 2. The number of fused-ring (bicyclic) bond motifs is 3. The summed E-state index contributed by atoms with van der Waals surface area (Å²) in [5.74, 6) is 0.139. The number of rotatable bonds is 7. The number of aryl methyl sites for hydroxylation is 2. The van der Waals surface area contributed by atoms with Crippen LogP contribution < -0.4 is 5.32 Å². The Morgan fingerprint density at radius 2 is 1.97 bits per heavy atom. The van der Waals surface area contributed by atoms with Gasteiger partial charge in [0.1, 0.15) is 5.82 Å².